The van der Waals surface area contributed by atoms with Crippen molar-refractivity contribution in [1.82, 2.24) is 0 Å². The molecular formula is C6H5OP. The van der Waals surface area contributed by atoms with Crippen LogP contribution in [0.3, 0.4) is 0 Å². The highest BCUT2D eigenvalue weighted by Gasteiger charge is 1.92. The van der Waals surface area contributed by atoms with Gasteiger partial charge in [-0.3, -0.25) is 0 Å². The summed E-state index contributed by atoms with van der Waals surface area (Å²) in [6, 6.07) is 6.04. The monoisotopic (exact) mass is 124 g/mol. The van der Waals surface area contributed by atoms with Crippen molar-refractivity contribution in [3.05, 3.63) is 34.6 Å². The first-order valence-electron chi connectivity index (χ1n) is 2.49. The minimum absolute atomic E-state index is 0.757. The molecule has 40 valence electrons. The molecule has 0 bridgehead atoms. The summed E-state index contributed by atoms with van der Waals surface area (Å²) < 4.78 is 5.07. The summed E-state index contributed by atoms with van der Waals surface area (Å²) in [6.45, 7) is 0. The van der Waals surface area contributed by atoms with Crippen LogP contribution in [0.15, 0.2) is 28.4 Å². The van der Waals surface area contributed by atoms with Gasteiger partial charge in [0.2, 0.25) is 0 Å². The van der Waals surface area contributed by atoms with Gasteiger partial charge in [0.05, 0.1) is 0 Å². The molecule has 2 aliphatic rings. The Balaban J connectivity index is 2.93. The fourth-order valence-corrected chi connectivity index (χ4v) is 1.37. The third kappa shape index (κ3) is 0.560. The number of hydrogen-bond acceptors (Lipinski definition) is 1. The molecule has 2 heteroatoms. The highest BCUT2D eigenvalue weighted by Crippen LogP contribution is 2.14. The molecule has 0 radical (unpaired) electrons. The number of rotatable bonds is 0. The summed E-state index contributed by atoms with van der Waals surface area (Å²) >= 11 is 0. The van der Waals surface area contributed by atoms with Crippen LogP contribution in [0.2, 0.25) is 0 Å². The molecule has 2 rings (SSSR count). The Labute approximate surface area is 48.1 Å². The zero-order chi connectivity index (χ0) is 5.40. The van der Waals surface area contributed by atoms with Gasteiger partial charge in [-0.05, 0) is 11.9 Å². The van der Waals surface area contributed by atoms with Crippen LogP contribution in [0.4, 0.5) is 0 Å². The summed E-state index contributed by atoms with van der Waals surface area (Å²) in [5.74, 6) is 2.12. The van der Waals surface area contributed by atoms with Crippen molar-refractivity contribution in [2.75, 3.05) is 0 Å². The van der Waals surface area contributed by atoms with Crippen molar-refractivity contribution in [2.24, 2.45) is 0 Å². The molecular weight excluding hydrogens is 119 g/mol. The smallest absolute Gasteiger partial charge is 0.184 e. The lowest BCUT2D eigenvalue weighted by Crippen LogP contribution is -1.35. The molecule has 0 aromatic rings. The second-order valence-electron chi connectivity index (χ2n) is 1.66. The van der Waals surface area contributed by atoms with E-state index in [0.717, 1.165) is 18.8 Å². The lowest BCUT2D eigenvalue weighted by molar-refractivity contribution is 0.650. The van der Waals surface area contributed by atoms with Gasteiger partial charge >= 0.3 is 0 Å². The van der Waals surface area contributed by atoms with Crippen LogP contribution in [0.5, 0.6) is 0 Å². The van der Waals surface area contributed by atoms with Gasteiger partial charge in [0, 0.05) is 0 Å². The van der Waals surface area contributed by atoms with Gasteiger partial charge in [0.25, 0.3) is 0 Å². The molecule has 2 aliphatic heterocycles. The first-order chi connectivity index (χ1) is 3.97. The molecule has 0 amide bonds. The van der Waals surface area contributed by atoms with E-state index in [2.05, 4.69) is 5.80 Å². The zero-order valence-electron chi connectivity index (χ0n) is 4.22. The molecule has 1 unspecified atom stereocenters. The normalized spacial score (nSPS) is 11.5. The van der Waals surface area contributed by atoms with E-state index in [-0.39, 0.29) is 0 Å². The van der Waals surface area contributed by atoms with E-state index < -0.39 is 0 Å². The van der Waals surface area contributed by atoms with Crippen molar-refractivity contribution in [3.63, 3.8) is 0 Å². The molecule has 1 nitrogen and oxygen atoms in total. The molecule has 2 heterocycles. The molecule has 0 aromatic carbocycles. The second-order valence-corrected chi connectivity index (χ2v) is 2.73. The third-order valence-electron chi connectivity index (χ3n) is 1.06. The second kappa shape index (κ2) is 1.40. The van der Waals surface area contributed by atoms with Crippen molar-refractivity contribution in [1.29, 1.82) is 0 Å². The van der Waals surface area contributed by atoms with E-state index in [4.69, 9.17) is 4.42 Å². The Kier molecular flexibility index (Phi) is 0.737. The molecule has 0 saturated carbocycles. The van der Waals surface area contributed by atoms with E-state index in [1.807, 2.05) is 18.2 Å². The molecule has 1 atom stereocenters. The zero-order valence-corrected chi connectivity index (χ0v) is 5.22. The summed E-state index contributed by atoms with van der Waals surface area (Å²) in [5.41, 5.74) is 1.08. The molecule has 0 spiro atoms. The van der Waals surface area contributed by atoms with Crippen LogP contribution in [-0.2, 0) is 0 Å². The first kappa shape index (κ1) is 4.22. The molecule has 0 fully saturated rings. The van der Waals surface area contributed by atoms with Gasteiger partial charge in [-0.1, -0.05) is 20.3 Å². The Morgan fingerprint density at radius 3 is 3.38 bits per heavy atom. The lowest BCUT2D eigenvalue weighted by atomic mass is 10.6. The van der Waals surface area contributed by atoms with Gasteiger partial charge in [-0.25, -0.2) is 0 Å². The molecule has 8 heavy (non-hydrogen) atoms. The topological polar surface area (TPSA) is 13.1 Å². The Bertz CT molecular complexity index is 290. The maximum atomic E-state index is 5.07. The summed E-state index contributed by atoms with van der Waals surface area (Å²) in [6.07, 6.45) is 0. The van der Waals surface area contributed by atoms with E-state index in [1.165, 1.54) is 0 Å². The fourth-order valence-electron chi connectivity index (χ4n) is 0.617. The minimum atomic E-state index is 0.757. The minimum Gasteiger partial charge on any atom is -0.445 e. The van der Waals surface area contributed by atoms with Gasteiger partial charge in [0.15, 0.2) is 10.6 Å². The predicted molar refractivity (Wildman–Crippen MR) is 33.5 cm³/mol. The standard InChI is InChI=1S/C6H5OP/c1-2-4-8-6-5(3-1)7-6/h1-4,8H. The van der Waals surface area contributed by atoms with Crippen molar-refractivity contribution in [2.45, 2.75) is 0 Å². The highest BCUT2D eigenvalue weighted by atomic mass is 31.0. The van der Waals surface area contributed by atoms with Gasteiger partial charge in [-0.15, -0.1) is 0 Å². The van der Waals surface area contributed by atoms with Crippen LogP contribution in [-0.4, -0.2) is 0 Å². The number of hydrogen-bond donors (Lipinski definition) is 0. The first-order valence-corrected chi connectivity index (χ1v) is 3.56. The maximum absolute atomic E-state index is 5.07. The molecule has 0 aromatic heterocycles. The SMILES string of the molecule is c1ccc2oc=2[pH]c1. The van der Waals surface area contributed by atoms with E-state index in [1.54, 1.807) is 0 Å². The summed E-state index contributed by atoms with van der Waals surface area (Å²) in [4.78, 5) is 0. The highest BCUT2D eigenvalue weighted by molar-refractivity contribution is 7.28. The Morgan fingerprint density at radius 1 is 1.38 bits per heavy atom. The average Bonchev–Trinajstić information content (AvgIpc) is 2.36. The quantitative estimate of drug-likeness (QED) is 0.523. The predicted octanol–water partition coefficient (Wildman–Crippen LogP) is 2.04. The van der Waals surface area contributed by atoms with Crippen LogP contribution in [0.25, 0.3) is 0 Å². The fraction of sp³-hybridized carbons (Fsp3) is 0. The maximum Gasteiger partial charge on any atom is 0.184 e. The van der Waals surface area contributed by atoms with Crippen molar-refractivity contribution >= 4 is 8.19 Å². The van der Waals surface area contributed by atoms with Gasteiger partial charge < -0.3 is 4.42 Å². The van der Waals surface area contributed by atoms with Crippen LogP contribution < -0.4 is 0 Å². The summed E-state index contributed by atoms with van der Waals surface area (Å²) in [5, 5.41) is 1.16. The molecule has 0 aliphatic carbocycles. The average molecular weight is 124 g/mol. The largest absolute Gasteiger partial charge is 0.445 e. The van der Waals surface area contributed by atoms with E-state index in [0.29, 0.717) is 0 Å². The van der Waals surface area contributed by atoms with Crippen LogP contribution in [0.1, 0.15) is 0 Å². The lowest BCUT2D eigenvalue weighted by Gasteiger charge is -1.58. The Morgan fingerprint density at radius 2 is 2.38 bits per heavy atom. The summed E-state index contributed by atoms with van der Waals surface area (Å²) in [7, 11) is 0.757. The van der Waals surface area contributed by atoms with Crippen LogP contribution >= 0.6 is 8.19 Å². The van der Waals surface area contributed by atoms with E-state index in [9.17, 15) is 0 Å². The molecule has 0 saturated heterocycles. The van der Waals surface area contributed by atoms with Crippen LogP contribution in [0, 0.1) is 10.6 Å². The van der Waals surface area contributed by atoms with Gasteiger partial charge in [-0.2, -0.15) is 0 Å². The third-order valence-corrected chi connectivity index (χ3v) is 2.03. The molecule has 0 N–H and O–H groups in total. The van der Waals surface area contributed by atoms with E-state index >= 15 is 0 Å². The van der Waals surface area contributed by atoms with Gasteiger partial charge in [0.1, 0.15) is 0 Å². The Hall–Kier alpha value is -0.680. The van der Waals surface area contributed by atoms with Crippen molar-refractivity contribution in [3.8, 4) is 0 Å². The van der Waals surface area contributed by atoms with Crippen molar-refractivity contribution < 1.29 is 4.42 Å².